The topological polar surface area (TPSA) is 23.6 Å². The van der Waals surface area contributed by atoms with Gasteiger partial charge in [0.25, 0.3) is 0 Å². The number of carbonyl (C=O) groups is 1. The molecule has 0 saturated carbocycles. The zero-order valence-corrected chi connectivity index (χ0v) is 12.7. The summed E-state index contributed by atoms with van der Waals surface area (Å²) in [4.78, 5) is 17.1. The van der Waals surface area contributed by atoms with E-state index < -0.39 is 0 Å². The summed E-state index contributed by atoms with van der Waals surface area (Å²) in [6.07, 6.45) is 3.43. The lowest BCUT2D eigenvalue weighted by atomic mass is 9.99. The number of likely N-dealkylation sites (tertiary alicyclic amines) is 1. The Labute approximate surface area is 115 Å². The van der Waals surface area contributed by atoms with Gasteiger partial charge in [-0.05, 0) is 45.8 Å². The Balaban J connectivity index is 2.08. The van der Waals surface area contributed by atoms with Gasteiger partial charge in [-0.1, -0.05) is 0 Å². The molecule has 0 bridgehead atoms. The monoisotopic (exact) mass is 270 g/mol. The molecule has 104 valence electrons. The molecule has 0 aromatic carbocycles. The summed E-state index contributed by atoms with van der Waals surface area (Å²) in [5.41, 5.74) is 0. The minimum Gasteiger partial charge on any atom is -0.339 e. The van der Waals surface area contributed by atoms with Crippen LogP contribution in [0.3, 0.4) is 0 Å². The molecule has 0 aromatic rings. The van der Waals surface area contributed by atoms with E-state index in [-0.39, 0.29) is 6.04 Å². The average molecular weight is 270 g/mol. The Morgan fingerprint density at radius 2 is 2.00 bits per heavy atom. The van der Waals surface area contributed by atoms with Crippen molar-refractivity contribution in [1.82, 2.24) is 9.80 Å². The molecule has 2 heterocycles. The van der Waals surface area contributed by atoms with Crippen LogP contribution in [0.2, 0.25) is 0 Å². The SMILES string of the molecule is CC(C)N1CCC[C@@H](N2CCSCC[C@H]2C)C1=O. The molecule has 0 spiro atoms. The van der Waals surface area contributed by atoms with Crippen LogP contribution in [0.4, 0.5) is 0 Å². The van der Waals surface area contributed by atoms with Crippen molar-refractivity contribution in [2.45, 2.75) is 58.2 Å². The molecule has 2 atom stereocenters. The first-order chi connectivity index (χ1) is 8.61. The molecule has 2 saturated heterocycles. The van der Waals surface area contributed by atoms with Crippen LogP contribution in [0, 0.1) is 0 Å². The fourth-order valence-corrected chi connectivity index (χ4v) is 4.13. The average Bonchev–Trinajstić information content (AvgIpc) is 2.54. The van der Waals surface area contributed by atoms with Crippen LogP contribution >= 0.6 is 11.8 Å². The molecule has 2 aliphatic heterocycles. The first-order valence-corrected chi connectivity index (χ1v) is 8.40. The number of rotatable bonds is 2. The normalized spacial score (nSPS) is 31.8. The van der Waals surface area contributed by atoms with E-state index in [0.717, 1.165) is 25.9 Å². The third-order valence-corrected chi connectivity index (χ3v) is 5.20. The van der Waals surface area contributed by atoms with Crippen LogP contribution < -0.4 is 0 Å². The van der Waals surface area contributed by atoms with Gasteiger partial charge in [0.15, 0.2) is 0 Å². The number of thioether (sulfide) groups is 1. The maximum Gasteiger partial charge on any atom is 0.240 e. The van der Waals surface area contributed by atoms with Gasteiger partial charge in [-0.2, -0.15) is 11.8 Å². The van der Waals surface area contributed by atoms with Crippen molar-refractivity contribution in [3.8, 4) is 0 Å². The highest BCUT2D eigenvalue weighted by Gasteiger charge is 2.36. The first-order valence-electron chi connectivity index (χ1n) is 7.25. The van der Waals surface area contributed by atoms with Crippen LogP contribution in [0.5, 0.6) is 0 Å². The molecule has 1 amide bonds. The summed E-state index contributed by atoms with van der Waals surface area (Å²) < 4.78 is 0. The lowest BCUT2D eigenvalue weighted by Crippen LogP contribution is -2.56. The maximum absolute atomic E-state index is 12.6. The predicted octanol–water partition coefficient (Wildman–Crippen LogP) is 2.21. The number of nitrogens with zero attached hydrogens (tertiary/aromatic N) is 2. The molecule has 2 aliphatic rings. The highest BCUT2D eigenvalue weighted by molar-refractivity contribution is 7.99. The van der Waals surface area contributed by atoms with E-state index in [4.69, 9.17) is 0 Å². The molecule has 4 heteroatoms. The number of piperidine rings is 1. The van der Waals surface area contributed by atoms with Gasteiger partial charge in [-0.15, -0.1) is 0 Å². The van der Waals surface area contributed by atoms with Crippen LogP contribution in [-0.4, -0.2) is 58.4 Å². The molecule has 0 aliphatic carbocycles. The zero-order chi connectivity index (χ0) is 13.1. The summed E-state index contributed by atoms with van der Waals surface area (Å²) >= 11 is 2.03. The van der Waals surface area contributed by atoms with Gasteiger partial charge in [0.05, 0.1) is 6.04 Å². The van der Waals surface area contributed by atoms with Crippen LogP contribution in [0.1, 0.15) is 40.0 Å². The highest BCUT2D eigenvalue weighted by atomic mass is 32.2. The van der Waals surface area contributed by atoms with E-state index >= 15 is 0 Å². The first kappa shape index (κ1) is 14.2. The Kier molecular flexibility index (Phi) is 4.96. The number of amides is 1. The van der Waals surface area contributed by atoms with Crippen molar-refractivity contribution < 1.29 is 4.79 Å². The summed E-state index contributed by atoms with van der Waals surface area (Å²) in [6, 6.07) is 1.05. The molecule has 0 N–H and O–H groups in total. The molecule has 0 aromatic heterocycles. The second-order valence-corrected chi connectivity index (χ2v) is 7.00. The van der Waals surface area contributed by atoms with Gasteiger partial charge < -0.3 is 4.90 Å². The van der Waals surface area contributed by atoms with Crippen molar-refractivity contribution >= 4 is 17.7 Å². The standard InChI is InChI=1S/C14H26N2OS/c1-11(2)15-7-4-5-13(14(15)17)16-8-10-18-9-6-12(16)3/h11-13H,4-10H2,1-3H3/t12-,13-/m1/s1. The van der Waals surface area contributed by atoms with Gasteiger partial charge in [-0.25, -0.2) is 0 Å². The summed E-state index contributed by atoms with van der Waals surface area (Å²) in [5, 5.41) is 0. The van der Waals surface area contributed by atoms with Gasteiger partial charge in [0.2, 0.25) is 5.91 Å². The van der Waals surface area contributed by atoms with E-state index in [0.29, 0.717) is 18.0 Å². The van der Waals surface area contributed by atoms with Crippen molar-refractivity contribution in [3.63, 3.8) is 0 Å². The Morgan fingerprint density at radius 1 is 1.22 bits per heavy atom. The molecular weight excluding hydrogens is 244 g/mol. The predicted molar refractivity (Wildman–Crippen MR) is 78.0 cm³/mol. The Bertz CT molecular complexity index is 296. The van der Waals surface area contributed by atoms with E-state index in [1.165, 1.54) is 17.9 Å². The summed E-state index contributed by atoms with van der Waals surface area (Å²) in [7, 11) is 0. The lowest BCUT2D eigenvalue weighted by Gasteiger charge is -2.42. The molecular formula is C14H26N2OS. The number of hydrogen-bond acceptors (Lipinski definition) is 3. The highest BCUT2D eigenvalue weighted by Crippen LogP contribution is 2.25. The van der Waals surface area contributed by atoms with Crippen molar-refractivity contribution in [2.75, 3.05) is 24.6 Å². The fraction of sp³-hybridized carbons (Fsp3) is 0.929. The van der Waals surface area contributed by atoms with Crippen molar-refractivity contribution in [3.05, 3.63) is 0 Å². The van der Waals surface area contributed by atoms with Crippen LogP contribution in [0.25, 0.3) is 0 Å². The molecule has 3 nitrogen and oxygen atoms in total. The van der Waals surface area contributed by atoms with E-state index in [1.54, 1.807) is 0 Å². The summed E-state index contributed by atoms with van der Waals surface area (Å²) in [5.74, 6) is 2.79. The van der Waals surface area contributed by atoms with E-state index in [1.807, 2.05) is 11.8 Å². The van der Waals surface area contributed by atoms with Crippen LogP contribution in [-0.2, 0) is 4.79 Å². The van der Waals surface area contributed by atoms with E-state index in [9.17, 15) is 4.79 Å². The second-order valence-electron chi connectivity index (χ2n) is 5.77. The Morgan fingerprint density at radius 3 is 2.72 bits per heavy atom. The van der Waals surface area contributed by atoms with Crippen molar-refractivity contribution in [2.24, 2.45) is 0 Å². The van der Waals surface area contributed by atoms with Gasteiger partial charge in [-0.3, -0.25) is 9.69 Å². The van der Waals surface area contributed by atoms with Gasteiger partial charge >= 0.3 is 0 Å². The molecule has 18 heavy (non-hydrogen) atoms. The second kappa shape index (κ2) is 6.29. The Hall–Kier alpha value is -0.220. The third-order valence-electron chi connectivity index (χ3n) is 4.21. The third kappa shape index (κ3) is 3.02. The zero-order valence-electron chi connectivity index (χ0n) is 11.9. The van der Waals surface area contributed by atoms with E-state index in [2.05, 4.69) is 30.6 Å². The molecule has 2 rings (SSSR count). The number of carbonyl (C=O) groups excluding carboxylic acids is 1. The smallest absolute Gasteiger partial charge is 0.240 e. The quantitative estimate of drug-likeness (QED) is 0.768. The van der Waals surface area contributed by atoms with Gasteiger partial charge in [0.1, 0.15) is 0 Å². The van der Waals surface area contributed by atoms with Crippen molar-refractivity contribution in [1.29, 1.82) is 0 Å². The van der Waals surface area contributed by atoms with Crippen LogP contribution in [0.15, 0.2) is 0 Å². The maximum atomic E-state index is 12.6. The fourth-order valence-electron chi connectivity index (χ4n) is 3.08. The lowest BCUT2D eigenvalue weighted by molar-refractivity contribution is -0.143. The van der Waals surface area contributed by atoms with Gasteiger partial charge in [0, 0.05) is 30.9 Å². The largest absolute Gasteiger partial charge is 0.339 e. The molecule has 0 unspecified atom stereocenters. The minimum absolute atomic E-state index is 0.148. The minimum atomic E-state index is 0.148. The number of hydrogen-bond donors (Lipinski definition) is 0. The molecule has 2 fully saturated rings. The molecule has 0 radical (unpaired) electrons. The summed E-state index contributed by atoms with van der Waals surface area (Å²) in [6.45, 7) is 8.57.